The second-order valence-corrected chi connectivity index (χ2v) is 5.78. The zero-order valence-electron chi connectivity index (χ0n) is 12.0. The first-order valence-corrected chi connectivity index (χ1v) is 7.47. The summed E-state index contributed by atoms with van der Waals surface area (Å²) in [5.74, 6) is -0.0377. The fraction of sp³-hybridized carbons (Fsp3) is 0.133. The molecule has 1 aliphatic rings. The topological polar surface area (TPSA) is 93.7 Å². The molecule has 2 N–H and O–H groups in total. The van der Waals surface area contributed by atoms with Crippen LogP contribution in [0.1, 0.15) is 36.6 Å². The minimum Gasteiger partial charge on any atom is -0.454 e. The van der Waals surface area contributed by atoms with E-state index in [0.29, 0.717) is 26.8 Å². The van der Waals surface area contributed by atoms with Crippen molar-refractivity contribution in [3.05, 3.63) is 45.6 Å². The predicted octanol–water partition coefficient (Wildman–Crippen LogP) is 1.75. The summed E-state index contributed by atoms with van der Waals surface area (Å²) in [5.41, 5.74) is 4.94. The van der Waals surface area contributed by atoms with Crippen LogP contribution in [0, 0.1) is 0 Å². The molecule has 1 aliphatic heterocycles. The van der Waals surface area contributed by atoms with Gasteiger partial charge in [0.05, 0.1) is 9.75 Å². The second-order valence-electron chi connectivity index (χ2n) is 4.70. The molecule has 0 radical (unpaired) electrons. The van der Waals surface area contributed by atoms with Gasteiger partial charge in [-0.2, -0.15) is 0 Å². The normalized spacial score (nSPS) is 11.9. The van der Waals surface area contributed by atoms with E-state index in [1.165, 1.54) is 19.1 Å². The number of hydrogen-bond acceptors (Lipinski definition) is 6. The number of carbonyl (C=O) groups is 3. The highest BCUT2D eigenvalue weighted by atomic mass is 32.1. The number of thiophene rings is 1. The maximum absolute atomic E-state index is 12.0. The highest BCUT2D eigenvalue weighted by Crippen LogP contribution is 2.32. The molecule has 118 valence electrons. The van der Waals surface area contributed by atoms with Crippen LogP contribution in [0.15, 0.2) is 30.3 Å². The van der Waals surface area contributed by atoms with Crippen LogP contribution in [0.5, 0.6) is 11.5 Å². The van der Waals surface area contributed by atoms with Crippen LogP contribution >= 0.6 is 11.3 Å². The monoisotopic (exact) mass is 332 g/mol. The van der Waals surface area contributed by atoms with Crippen molar-refractivity contribution in [1.82, 2.24) is 10.9 Å². The number of hydrogen-bond donors (Lipinski definition) is 2. The molecule has 0 aliphatic carbocycles. The molecule has 23 heavy (non-hydrogen) atoms. The third kappa shape index (κ3) is 3.16. The largest absolute Gasteiger partial charge is 0.454 e. The minimum atomic E-state index is -0.489. The number of carbonyl (C=O) groups excluding carboxylic acids is 3. The number of nitrogens with one attached hydrogen (secondary N) is 2. The van der Waals surface area contributed by atoms with Crippen LogP contribution in [0.2, 0.25) is 0 Å². The summed E-state index contributed by atoms with van der Waals surface area (Å²) in [6, 6.07) is 7.82. The molecular weight excluding hydrogens is 320 g/mol. The van der Waals surface area contributed by atoms with Gasteiger partial charge < -0.3 is 9.47 Å². The lowest BCUT2D eigenvalue weighted by Gasteiger charge is -2.06. The molecule has 0 saturated carbocycles. The molecule has 0 fully saturated rings. The average Bonchev–Trinajstić information content (AvgIpc) is 3.20. The number of amides is 2. The van der Waals surface area contributed by atoms with Crippen molar-refractivity contribution in [2.45, 2.75) is 6.92 Å². The highest BCUT2D eigenvalue weighted by molar-refractivity contribution is 7.15. The Morgan fingerprint density at radius 3 is 2.39 bits per heavy atom. The van der Waals surface area contributed by atoms with Gasteiger partial charge in [0.15, 0.2) is 17.3 Å². The highest BCUT2D eigenvalue weighted by Gasteiger charge is 2.17. The summed E-state index contributed by atoms with van der Waals surface area (Å²) in [5, 5.41) is 0. The lowest BCUT2D eigenvalue weighted by Crippen LogP contribution is -2.41. The summed E-state index contributed by atoms with van der Waals surface area (Å²) >= 11 is 1.06. The Bertz CT molecular complexity index is 799. The van der Waals surface area contributed by atoms with Crippen molar-refractivity contribution < 1.29 is 23.9 Å². The zero-order valence-corrected chi connectivity index (χ0v) is 12.9. The van der Waals surface area contributed by atoms with Gasteiger partial charge in [-0.3, -0.25) is 25.2 Å². The number of benzene rings is 1. The van der Waals surface area contributed by atoms with Crippen LogP contribution in [0.3, 0.4) is 0 Å². The lowest BCUT2D eigenvalue weighted by molar-refractivity contribution is 0.0848. The van der Waals surface area contributed by atoms with Gasteiger partial charge in [0.2, 0.25) is 6.79 Å². The van der Waals surface area contributed by atoms with Gasteiger partial charge in [0, 0.05) is 5.56 Å². The van der Waals surface area contributed by atoms with E-state index in [4.69, 9.17) is 9.47 Å². The smallest absolute Gasteiger partial charge is 0.279 e. The zero-order chi connectivity index (χ0) is 16.4. The van der Waals surface area contributed by atoms with E-state index in [1.54, 1.807) is 18.2 Å². The Morgan fingerprint density at radius 1 is 0.957 bits per heavy atom. The lowest BCUT2D eigenvalue weighted by atomic mass is 10.2. The van der Waals surface area contributed by atoms with Crippen molar-refractivity contribution in [1.29, 1.82) is 0 Å². The van der Waals surface area contributed by atoms with Crippen LogP contribution in [-0.4, -0.2) is 24.4 Å². The van der Waals surface area contributed by atoms with E-state index in [1.807, 2.05) is 0 Å². The second kappa shape index (κ2) is 6.09. The number of ketones is 1. The summed E-state index contributed by atoms with van der Waals surface area (Å²) in [4.78, 5) is 36.0. The van der Waals surface area contributed by atoms with Gasteiger partial charge in [0.25, 0.3) is 11.8 Å². The third-order valence-corrected chi connectivity index (χ3v) is 4.29. The van der Waals surface area contributed by atoms with E-state index in [9.17, 15) is 14.4 Å². The fourth-order valence-electron chi connectivity index (χ4n) is 1.93. The molecule has 8 heteroatoms. The predicted molar refractivity (Wildman–Crippen MR) is 81.8 cm³/mol. The summed E-state index contributed by atoms with van der Waals surface area (Å²) in [6.45, 7) is 1.54. The SMILES string of the molecule is CC(=O)c1ccc(C(=O)NNC(=O)c2ccc3c(c2)OCO3)s1. The van der Waals surface area contributed by atoms with E-state index in [-0.39, 0.29) is 12.6 Å². The molecule has 0 bridgehead atoms. The average molecular weight is 332 g/mol. The first kappa shape index (κ1) is 15.0. The quantitative estimate of drug-likeness (QED) is 0.660. The van der Waals surface area contributed by atoms with E-state index >= 15 is 0 Å². The summed E-state index contributed by atoms with van der Waals surface area (Å²) < 4.78 is 10.4. The maximum atomic E-state index is 12.0. The maximum Gasteiger partial charge on any atom is 0.279 e. The molecule has 2 heterocycles. The molecular formula is C15H12N2O5S. The summed E-state index contributed by atoms with van der Waals surface area (Å²) in [6.07, 6.45) is 0. The number of Topliss-reactive ketones (excluding diaryl/α,β-unsaturated/α-hetero) is 1. The van der Waals surface area contributed by atoms with Gasteiger partial charge >= 0.3 is 0 Å². The van der Waals surface area contributed by atoms with Crippen molar-refractivity contribution in [3.63, 3.8) is 0 Å². The molecule has 2 aromatic rings. The van der Waals surface area contributed by atoms with Crippen LogP contribution < -0.4 is 20.3 Å². The Hall–Kier alpha value is -2.87. The standard InChI is InChI=1S/C15H12N2O5S/c1-8(18)12-4-5-13(23-12)15(20)17-16-14(19)9-2-3-10-11(6-9)22-7-21-10/h2-6H,7H2,1H3,(H,16,19)(H,17,20). The van der Waals surface area contributed by atoms with E-state index < -0.39 is 11.8 Å². The molecule has 2 amide bonds. The number of hydrazine groups is 1. The Balaban J connectivity index is 1.62. The van der Waals surface area contributed by atoms with Crippen molar-refractivity contribution in [2.75, 3.05) is 6.79 Å². The Morgan fingerprint density at radius 2 is 1.65 bits per heavy atom. The Kier molecular flexibility index (Phi) is 3.98. The number of rotatable bonds is 3. The van der Waals surface area contributed by atoms with Crippen LogP contribution in [0.4, 0.5) is 0 Å². The number of ether oxygens (including phenoxy) is 2. The van der Waals surface area contributed by atoms with Crippen LogP contribution in [-0.2, 0) is 0 Å². The van der Waals surface area contributed by atoms with Crippen LogP contribution in [0.25, 0.3) is 0 Å². The first-order chi connectivity index (χ1) is 11.0. The minimum absolute atomic E-state index is 0.113. The molecule has 3 rings (SSSR count). The van der Waals surface area contributed by atoms with Crippen molar-refractivity contribution in [3.8, 4) is 11.5 Å². The number of fused-ring (bicyclic) bond motifs is 1. The molecule has 1 aromatic heterocycles. The molecule has 1 aromatic carbocycles. The molecule has 0 spiro atoms. The van der Waals surface area contributed by atoms with Gasteiger partial charge in [-0.05, 0) is 37.3 Å². The Labute approximate surface area is 135 Å². The van der Waals surface area contributed by atoms with Gasteiger partial charge in [-0.25, -0.2) is 0 Å². The van der Waals surface area contributed by atoms with Gasteiger partial charge in [0.1, 0.15) is 0 Å². The molecule has 7 nitrogen and oxygen atoms in total. The van der Waals surface area contributed by atoms with E-state index in [2.05, 4.69) is 10.9 Å². The van der Waals surface area contributed by atoms with E-state index in [0.717, 1.165) is 11.3 Å². The summed E-state index contributed by atoms with van der Waals surface area (Å²) in [7, 11) is 0. The third-order valence-electron chi connectivity index (χ3n) is 3.10. The molecule has 0 unspecified atom stereocenters. The van der Waals surface area contributed by atoms with Crippen molar-refractivity contribution >= 4 is 28.9 Å². The first-order valence-electron chi connectivity index (χ1n) is 6.65. The fourth-order valence-corrected chi connectivity index (χ4v) is 2.73. The van der Waals surface area contributed by atoms with Gasteiger partial charge in [-0.1, -0.05) is 0 Å². The van der Waals surface area contributed by atoms with Gasteiger partial charge in [-0.15, -0.1) is 11.3 Å². The molecule has 0 atom stereocenters. The molecule has 0 saturated heterocycles. The van der Waals surface area contributed by atoms with Crippen molar-refractivity contribution in [2.24, 2.45) is 0 Å².